The van der Waals surface area contributed by atoms with E-state index in [1.54, 1.807) is 6.07 Å². The van der Waals surface area contributed by atoms with Crippen molar-refractivity contribution in [1.82, 2.24) is 5.32 Å². The van der Waals surface area contributed by atoms with E-state index in [0.29, 0.717) is 31.1 Å². The number of hydrogen-bond donors (Lipinski definition) is 2. The van der Waals surface area contributed by atoms with E-state index >= 15 is 0 Å². The lowest BCUT2D eigenvalue weighted by Gasteiger charge is -2.43. The van der Waals surface area contributed by atoms with Crippen molar-refractivity contribution in [2.24, 2.45) is 17.8 Å². The molecule has 156 valence electrons. The highest BCUT2D eigenvalue weighted by Gasteiger charge is 2.48. The molecule has 1 fully saturated rings. The summed E-state index contributed by atoms with van der Waals surface area (Å²) >= 11 is 0. The highest BCUT2D eigenvalue weighted by Crippen LogP contribution is 2.41. The van der Waals surface area contributed by atoms with E-state index in [1.165, 1.54) is 7.11 Å². The van der Waals surface area contributed by atoms with Crippen LogP contribution >= 0.6 is 0 Å². The van der Waals surface area contributed by atoms with Crippen LogP contribution in [0.3, 0.4) is 0 Å². The summed E-state index contributed by atoms with van der Waals surface area (Å²) in [5.74, 6) is 0.405. The minimum absolute atomic E-state index is 0.0284. The Balaban J connectivity index is 1.97. The number of ether oxygens (including phenoxy) is 2. The Bertz CT molecular complexity index is 675. The van der Waals surface area contributed by atoms with Gasteiger partial charge in [0.15, 0.2) is 6.61 Å². The number of nitrogens with one attached hydrogen (secondary N) is 1. The van der Waals surface area contributed by atoms with Crippen molar-refractivity contribution in [3.63, 3.8) is 0 Å². The molecule has 1 aliphatic carbocycles. The number of aliphatic hydroxyl groups is 1. The summed E-state index contributed by atoms with van der Waals surface area (Å²) in [7, 11) is 1.31. The lowest BCUT2D eigenvalue weighted by Crippen LogP contribution is -2.56. The second-order valence-corrected chi connectivity index (χ2v) is 8.14. The van der Waals surface area contributed by atoms with Crippen LogP contribution in [0.1, 0.15) is 45.6 Å². The summed E-state index contributed by atoms with van der Waals surface area (Å²) < 4.78 is 10.1. The average molecular weight is 392 g/mol. The number of amides is 1. The molecule has 28 heavy (non-hydrogen) atoms. The van der Waals surface area contributed by atoms with Crippen LogP contribution in [-0.4, -0.2) is 42.8 Å². The van der Waals surface area contributed by atoms with Crippen LogP contribution in [0.15, 0.2) is 24.3 Å². The number of methoxy groups -OCH3 is 1. The molecule has 6 heteroatoms. The monoisotopic (exact) mass is 391 g/mol. The Morgan fingerprint density at radius 2 is 2.00 bits per heavy atom. The summed E-state index contributed by atoms with van der Waals surface area (Å²) in [5.41, 5.74) is -0.427. The van der Waals surface area contributed by atoms with Crippen LogP contribution in [0, 0.1) is 17.8 Å². The molecule has 0 saturated heterocycles. The molecule has 1 amide bonds. The van der Waals surface area contributed by atoms with Gasteiger partial charge in [-0.3, -0.25) is 4.79 Å². The Morgan fingerprint density at radius 1 is 1.29 bits per heavy atom. The van der Waals surface area contributed by atoms with E-state index in [4.69, 9.17) is 4.74 Å². The zero-order valence-corrected chi connectivity index (χ0v) is 17.4. The van der Waals surface area contributed by atoms with Crippen LogP contribution in [0.4, 0.5) is 0 Å². The van der Waals surface area contributed by atoms with E-state index in [9.17, 15) is 14.7 Å². The quantitative estimate of drug-likeness (QED) is 0.666. The standard InChI is InChI=1S/C22H33NO5/c1-15(2)18-10-9-16(3)13-22(18,26)21(25)23-12-11-17-7-5-6-8-19(17)28-14-20(24)27-4/h5-8,15-16,18,26H,9-14H2,1-4H3,(H,23,25)/t16-,18+,22+/m1/s1. The first-order valence-electron chi connectivity index (χ1n) is 10.1. The zero-order valence-electron chi connectivity index (χ0n) is 17.4. The lowest BCUT2D eigenvalue weighted by molar-refractivity contribution is -0.155. The maximum atomic E-state index is 12.9. The third-order valence-electron chi connectivity index (χ3n) is 5.67. The minimum Gasteiger partial charge on any atom is -0.482 e. The van der Waals surface area contributed by atoms with Gasteiger partial charge >= 0.3 is 5.97 Å². The second-order valence-electron chi connectivity index (χ2n) is 8.14. The van der Waals surface area contributed by atoms with Crippen molar-refractivity contribution in [2.75, 3.05) is 20.3 Å². The summed E-state index contributed by atoms with van der Waals surface area (Å²) in [6, 6.07) is 7.39. The number of carbonyl (C=O) groups excluding carboxylic acids is 2. The molecule has 0 heterocycles. The van der Waals surface area contributed by atoms with Gasteiger partial charge in [0.2, 0.25) is 0 Å². The summed E-state index contributed by atoms with van der Waals surface area (Å²) in [6.07, 6.45) is 2.96. The highest BCUT2D eigenvalue weighted by molar-refractivity contribution is 5.85. The fourth-order valence-corrected chi connectivity index (χ4v) is 4.14. The molecule has 0 unspecified atom stereocenters. The van der Waals surface area contributed by atoms with Crippen molar-refractivity contribution in [3.8, 4) is 5.75 Å². The topological polar surface area (TPSA) is 84.9 Å². The van der Waals surface area contributed by atoms with E-state index < -0.39 is 11.6 Å². The molecule has 6 nitrogen and oxygen atoms in total. The number of para-hydroxylation sites is 1. The number of rotatable bonds is 8. The van der Waals surface area contributed by atoms with E-state index in [-0.39, 0.29) is 24.3 Å². The van der Waals surface area contributed by atoms with Gasteiger partial charge in [0.1, 0.15) is 11.4 Å². The second kappa shape index (κ2) is 9.92. The van der Waals surface area contributed by atoms with Gasteiger partial charge in [-0.25, -0.2) is 4.79 Å². The maximum absolute atomic E-state index is 12.9. The number of hydrogen-bond acceptors (Lipinski definition) is 5. The molecular formula is C22H33NO5. The highest BCUT2D eigenvalue weighted by atomic mass is 16.6. The molecule has 1 saturated carbocycles. The Morgan fingerprint density at radius 3 is 2.68 bits per heavy atom. The molecule has 2 rings (SSSR count). The van der Waals surface area contributed by atoms with Gasteiger partial charge in [-0.2, -0.15) is 0 Å². The van der Waals surface area contributed by atoms with Gasteiger partial charge < -0.3 is 19.9 Å². The molecule has 0 bridgehead atoms. The van der Waals surface area contributed by atoms with Gasteiger partial charge in [-0.05, 0) is 48.6 Å². The molecule has 0 aliphatic heterocycles. The van der Waals surface area contributed by atoms with Gasteiger partial charge in [0, 0.05) is 6.54 Å². The molecule has 0 radical (unpaired) electrons. The first kappa shape index (κ1) is 22.2. The predicted molar refractivity (Wildman–Crippen MR) is 107 cm³/mol. The number of benzene rings is 1. The summed E-state index contributed by atoms with van der Waals surface area (Å²) in [6.45, 7) is 6.44. The minimum atomic E-state index is -1.31. The van der Waals surface area contributed by atoms with Crippen molar-refractivity contribution in [1.29, 1.82) is 0 Å². The summed E-state index contributed by atoms with van der Waals surface area (Å²) in [5, 5.41) is 14.1. The third-order valence-corrected chi connectivity index (χ3v) is 5.67. The SMILES string of the molecule is COC(=O)COc1ccccc1CCNC(=O)[C@]1(O)C[C@H](C)CC[C@H]1C(C)C. The van der Waals surface area contributed by atoms with E-state index in [2.05, 4.69) is 30.8 Å². The largest absolute Gasteiger partial charge is 0.482 e. The van der Waals surface area contributed by atoms with E-state index in [0.717, 1.165) is 18.4 Å². The smallest absolute Gasteiger partial charge is 0.343 e. The fraction of sp³-hybridized carbons (Fsp3) is 0.636. The molecule has 0 spiro atoms. The molecule has 1 aliphatic rings. The van der Waals surface area contributed by atoms with Gasteiger partial charge in [0.05, 0.1) is 7.11 Å². The normalized spacial score (nSPS) is 24.6. The van der Waals surface area contributed by atoms with Crippen molar-refractivity contribution >= 4 is 11.9 Å². The van der Waals surface area contributed by atoms with Crippen LogP contribution in [0.5, 0.6) is 5.75 Å². The van der Waals surface area contributed by atoms with Crippen molar-refractivity contribution in [2.45, 2.75) is 52.1 Å². The molecule has 3 atom stereocenters. The van der Waals surface area contributed by atoms with Gasteiger partial charge in [-0.1, -0.05) is 45.4 Å². The van der Waals surface area contributed by atoms with Gasteiger partial charge in [-0.15, -0.1) is 0 Å². The van der Waals surface area contributed by atoms with Crippen molar-refractivity contribution in [3.05, 3.63) is 29.8 Å². The maximum Gasteiger partial charge on any atom is 0.343 e. The van der Waals surface area contributed by atoms with Crippen LogP contribution < -0.4 is 10.1 Å². The van der Waals surface area contributed by atoms with Crippen LogP contribution in [-0.2, 0) is 20.7 Å². The van der Waals surface area contributed by atoms with Gasteiger partial charge in [0.25, 0.3) is 5.91 Å². The molecule has 2 N–H and O–H groups in total. The van der Waals surface area contributed by atoms with Crippen LogP contribution in [0.25, 0.3) is 0 Å². The third kappa shape index (κ3) is 5.47. The average Bonchev–Trinajstić information content (AvgIpc) is 2.66. The molecule has 1 aromatic carbocycles. The fourth-order valence-electron chi connectivity index (χ4n) is 4.14. The first-order chi connectivity index (χ1) is 13.3. The van der Waals surface area contributed by atoms with E-state index in [1.807, 2.05) is 18.2 Å². The molecular weight excluding hydrogens is 358 g/mol. The first-order valence-corrected chi connectivity index (χ1v) is 10.1. The number of carbonyl (C=O) groups is 2. The number of esters is 1. The Hall–Kier alpha value is -2.08. The van der Waals surface area contributed by atoms with Crippen molar-refractivity contribution < 1.29 is 24.2 Å². The zero-order chi connectivity index (χ0) is 20.7. The Labute approximate surface area is 167 Å². The summed E-state index contributed by atoms with van der Waals surface area (Å²) in [4.78, 5) is 24.1. The Kier molecular flexibility index (Phi) is 7.87. The lowest BCUT2D eigenvalue weighted by atomic mass is 9.66. The molecule has 1 aromatic rings. The predicted octanol–water partition coefficient (Wildman–Crippen LogP) is 2.72. The van der Waals surface area contributed by atoms with Crippen LogP contribution in [0.2, 0.25) is 0 Å². The molecule has 0 aromatic heterocycles.